The van der Waals surface area contributed by atoms with Crippen LogP contribution in [0.1, 0.15) is 20.3 Å². The molecule has 14 heavy (non-hydrogen) atoms. The quantitative estimate of drug-likeness (QED) is 0.665. The van der Waals surface area contributed by atoms with Gasteiger partial charge < -0.3 is 15.3 Å². The van der Waals surface area contributed by atoms with Crippen LogP contribution in [0.2, 0.25) is 0 Å². The van der Waals surface area contributed by atoms with Gasteiger partial charge in [0.15, 0.2) is 0 Å². The van der Waals surface area contributed by atoms with Gasteiger partial charge >= 0.3 is 0 Å². The number of hydrogen-bond acceptors (Lipinski definition) is 3. The lowest BCUT2D eigenvalue weighted by atomic mass is 10.2. The molecule has 2 N–H and O–H groups in total. The Morgan fingerprint density at radius 3 is 2.93 bits per heavy atom. The molecule has 0 spiro atoms. The van der Waals surface area contributed by atoms with Crippen LogP contribution < -0.4 is 5.32 Å². The first-order chi connectivity index (χ1) is 6.69. The van der Waals surface area contributed by atoms with Crippen molar-refractivity contribution in [3.05, 3.63) is 0 Å². The van der Waals surface area contributed by atoms with E-state index in [1.807, 2.05) is 11.8 Å². The van der Waals surface area contributed by atoms with E-state index in [1.165, 1.54) is 0 Å². The van der Waals surface area contributed by atoms with Crippen LogP contribution in [0.3, 0.4) is 0 Å². The third-order valence-electron chi connectivity index (χ3n) is 2.65. The number of likely N-dealkylation sites (N-methyl/N-ethyl adjacent to an activating group) is 1. The topological polar surface area (TPSA) is 52.6 Å². The standard InChI is InChI=1S/C10H20N2O2/c1-3-12-7-8(2)6-11-9(4-5-13)10(12)14/h8-9,11,13H,3-7H2,1-2H3. The number of nitrogens with one attached hydrogen (secondary N) is 1. The van der Waals surface area contributed by atoms with Crippen LogP contribution in [0, 0.1) is 5.92 Å². The van der Waals surface area contributed by atoms with E-state index in [0.29, 0.717) is 12.3 Å². The number of carbonyl (C=O) groups is 1. The molecule has 1 aliphatic rings. The molecule has 0 radical (unpaired) electrons. The molecule has 1 amide bonds. The third-order valence-corrected chi connectivity index (χ3v) is 2.65. The van der Waals surface area contributed by atoms with E-state index < -0.39 is 0 Å². The lowest BCUT2D eigenvalue weighted by molar-refractivity contribution is -0.133. The number of aliphatic hydroxyl groups excluding tert-OH is 1. The maximum absolute atomic E-state index is 11.9. The van der Waals surface area contributed by atoms with Crippen molar-refractivity contribution in [3.63, 3.8) is 0 Å². The molecule has 0 aromatic heterocycles. The molecule has 1 heterocycles. The Morgan fingerprint density at radius 1 is 1.64 bits per heavy atom. The minimum absolute atomic E-state index is 0.0648. The Labute approximate surface area is 85.3 Å². The van der Waals surface area contributed by atoms with Gasteiger partial charge in [0.1, 0.15) is 0 Å². The van der Waals surface area contributed by atoms with Gasteiger partial charge in [-0.15, -0.1) is 0 Å². The fourth-order valence-electron chi connectivity index (χ4n) is 1.82. The second-order valence-corrected chi connectivity index (χ2v) is 3.96. The molecule has 1 fully saturated rings. The predicted octanol–water partition coefficient (Wildman–Crippen LogP) is -0.175. The Morgan fingerprint density at radius 2 is 2.36 bits per heavy atom. The second kappa shape index (κ2) is 5.32. The minimum Gasteiger partial charge on any atom is -0.396 e. The van der Waals surface area contributed by atoms with Gasteiger partial charge in [-0.1, -0.05) is 6.92 Å². The van der Waals surface area contributed by atoms with E-state index in [4.69, 9.17) is 5.11 Å². The summed E-state index contributed by atoms with van der Waals surface area (Å²) in [6.07, 6.45) is 0.516. The summed E-state index contributed by atoms with van der Waals surface area (Å²) in [7, 11) is 0. The van der Waals surface area contributed by atoms with E-state index in [-0.39, 0.29) is 18.6 Å². The third kappa shape index (κ3) is 2.69. The zero-order valence-electron chi connectivity index (χ0n) is 8.99. The molecule has 0 bridgehead atoms. The molecule has 0 aliphatic carbocycles. The average Bonchev–Trinajstić information content (AvgIpc) is 2.31. The van der Waals surface area contributed by atoms with Crippen molar-refractivity contribution >= 4 is 5.91 Å². The maximum atomic E-state index is 11.9. The van der Waals surface area contributed by atoms with Crippen molar-refractivity contribution in [1.29, 1.82) is 0 Å². The molecule has 4 heteroatoms. The van der Waals surface area contributed by atoms with Crippen molar-refractivity contribution in [2.75, 3.05) is 26.2 Å². The van der Waals surface area contributed by atoms with Crippen LogP contribution in [0.5, 0.6) is 0 Å². The Balaban J connectivity index is 2.64. The highest BCUT2D eigenvalue weighted by atomic mass is 16.3. The van der Waals surface area contributed by atoms with Crippen molar-refractivity contribution in [2.24, 2.45) is 5.92 Å². The maximum Gasteiger partial charge on any atom is 0.239 e. The smallest absolute Gasteiger partial charge is 0.239 e. The van der Waals surface area contributed by atoms with Gasteiger partial charge in [0, 0.05) is 26.2 Å². The SMILES string of the molecule is CCN1CC(C)CNC(CCO)C1=O. The Kier molecular flexibility index (Phi) is 4.35. The Hall–Kier alpha value is -0.610. The molecule has 1 saturated heterocycles. The van der Waals surface area contributed by atoms with Gasteiger partial charge in [-0.25, -0.2) is 0 Å². The Bertz CT molecular complexity index is 197. The van der Waals surface area contributed by atoms with Crippen LogP contribution in [0.25, 0.3) is 0 Å². The minimum atomic E-state index is -0.190. The zero-order valence-corrected chi connectivity index (χ0v) is 8.99. The summed E-state index contributed by atoms with van der Waals surface area (Å²) >= 11 is 0. The highest BCUT2D eigenvalue weighted by Gasteiger charge is 2.27. The molecular weight excluding hydrogens is 180 g/mol. The van der Waals surface area contributed by atoms with Gasteiger partial charge in [-0.2, -0.15) is 0 Å². The first kappa shape index (κ1) is 11.5. The van der Waals surface area contributed by atoms with E-state index >= 15 is 0 Å². The highest BCUT2D eigenvalue weighted by Crippen LogP contribution is 2.09. The first-order valence-corrected chi connectivity index (χ1v) is 5.32. The molecular formula is C10H20N2O2. The van der Waals surface area contributed by atoms with Crippen LogP contribution in [0.4, 0.5) is 0 Å². The first-order valence-electron chi connectivity index (χ1n) is 5.32. The van der Waals surface area contributed by atoms with Crippen molar-refractivity contribution < 1.29 is 9.90 Å². The molecule has 4 nitrogen and oxygen atoms in total. The fraction of sp³-hybridized carbons (Fsp3) is 0.900. The summed E-state index contributed by atoms with van der Waals surface area (Å²) in [4.78, 5) is 13.7. The lowest BCUT2D eigenvalue weighted by Crippen LogP contribution is -2.43. The summed E-state index contributed by atoms with van der Waals surface area (Å²) < 4.78 is 0. The van der Waals surface area contributed by atoms with Gasteiger partial charge in [0.05, 0.1) is 6.04 Å². The summed E-state index contributed by atoms with van der Waals surface area (Å²) in [5, 5.41) is 12.0. The molecule has 0 aromatic carbocycles. The summed E-state index contributed by atoms with van der Waals surface area (Å²) in [6, 6.07) is -0.190. The van der Waals surface area contributed by atoms with Gasteiger partial charge in [-0.3, -0.25) is 4.79 Å². The van der Waals surface area contributed by atoms with Gasteiger partial charge in [0.25, 0.3) is 0 Å². The number of amides is 1. The summed E-state index contributed by atoms with van der Waals surface area (Å²) in [6.45, 7) is 6.62. The van der Waals surface area contributed by atoms with E-state index in [1.54, 1.807) is 0 Å². The molecule has 1 rings (SSSR count). The lowest BCUT2D eigenvalue weighted by Gasteiger charge is -2.23. The molecule has 1 aliphatic heterocycles. The van der Waals surface area contributed by atoms with Gasteiger partial charge in [0.2, 0.25) is 5.91 Å². The largest absolute Gasteiger partial charge is 0.396 e. The van der Waals surface area contributed by atoms with E-state index in [2.05, 4.69) is 12.2 Å². The van der Waals surface area contributed by atoms with Crippen LogP contribution in [-0.2, 0) is 4.79 Å². The van der Waals surface area contributed by atoms with E-state index in [9.17, 15) is 4.79 Å². The van der Waals surface area contributed by atoms with E-state index in [0.717, 1.165) is 19.6 Å². The van der Waals surface area contributed by atoms with Crippen LogP contribution in [-0.4, -0.2) is 48.2 Å². The fourth-order valence-corrected chi connectivity index (χ4v) is 1.82. The molecule has 2 atom stereocenters. The molecule has 82 valence electrons. The van der Waals surface area contributed by atoms with Crippen LogP contribution >= 0.6 is 0 Å². The monoisotopic (exact) mass is 200 g/mol. The number of aliphatic hydroxyl groups is 1. The van der Waals surface area contributed by atoms with Crippen molar-refractivity contribution in [2.45, 2.75) is 26.3 Å². The number of nitrogens with zero attached hydrogens (tertiary/aromatic N) is 1. The number of rotatable bonds is 3. The highest BCUT2D eigenvalue weighted by molar-refractivity contribution is 5.82. The molecule has 2 unspecified atom stereocenters. The second-order valence-electron chi connectivity index (χ2n) is 3.96. The van der Waals surface area contributed by atoms with Gasteiger partial charge in [-0.05, 0) is 19.3 Å². The number of hydrogen-bond donors (Lipinski definition) is 2. The van der Waals surface area contributed by atoms with Crippen LogP contribution in [0.15, 0.2) is 0 Å². The van der Waals surface area contributed by atoms with Crippen molar-refractivity contribution in [3.8, 4) is 0 Å². The predicted molar refractivity (Wildman–Crippen MR) is 54.9 cm³/mol. The molecule has 0 aromatic rings. The summed E-state index contributed by atoms with van der Waals surface area (Å²) in [5.41, 5.74) is 0. The normalized spacial score (nSPS) is 29.1. The molecule has 0 saturated carbocycles. The van der Waals surface area contributed by atoms with Crippen molar-refractivity contribution in [1.82, 2.24) is 10.2 Å². The zero-order chi connectivity index (χ0) is 10.6. The average molecular weight is 200 g/mol. The number of carbonyl (C=O) groups excluding carboxylic acids is 1. The summed E-state index contributed by atoms with van der Waals surface area (Å²) in [5.74, 6) is 0.619.